The van der Waals surface area contributed by atoms with E-state index in [0.717, 1.165) is 0 Å². The van der Waals surface area contributed by atoms with Crippen molar-refractivity contribution in [3.63, 3.8) is 0 Å². The maximum atomic E-state index is 12.6. The number of fused-ring (bicyclic) bond motifs is 1. The fourth-order valence-corrected chi connectivity index (χ4v) is 4.08. The van der Waals surface area contributed by atoms with Crippen molar-refractivity contribution in [2.24, 2.45) is 0 Å². The predicted octanol–water partition coefficient (Wildman–Crippen LogP) is 1.56. The van der Waals surface area contributed by atoms with Crippen LogP contribution in [-0.2, 0) is 10.0 Å². The van der Waals surface area contributed by atoms with Crippen molar-refractivity contribution in [1.29, 1.82) is 0 Å². The molecule has 0 saturated heterocycles. The lowest BCUT2D eigenvalue weighted by Crippen LogP contribution is -2.19. The number of rotatable bonds is 4. The van der Waals surface area contributed by atoms with Gasteiger partial charge in [-0.05, 0) is 13.8 Å². The Kier molecular flexibility index (Phi) is 3.14. The quantitative estimate of drug-likeness (QED) is 0.756. The van der Waals surface area contributed by atoms with Gasteiger partial charge in [0.1, 0.15) is 5.82 Å². The van der Waals surface area contributed by atoms with Crippen molar-refractivity contribution in [2.45, 2.75) is 24.9 Å². The third-order valence-corrected chi connectivity index (χ3v) is 5.05. The summed E-state index contributed by atoms with van der Waals surface area (Å²) in [6.07, 6.45) is 3.16. The van der Waals surface area contributed by atoms with Gasteiger partial charge >= 0.3 is 0 Å². The molecule has 0 fully saturated rings. The van der Waals surface area contributed by atoms with Gasteiger partial charge in [0.2, 0.25) is 5.03 Å². The van der Waals surface area contributed by atoms with E-state index in [4.69, 9.17) is 5.73 Å². The van der Waals surface area contributed by atoms with E-state index in [-0.39, 0.29) is 16.9 Å². The molecule has 0 amide bonds. The SMILES string of the molecule is CC(C)n1nccc1NS(=O)(=O)c1c(N)nc2sccn12. The summed E-state index contributed by atoms with van der Waals surface area (Å²) in [5.41, 5.74) is 5.74. The largest absolute Gasteiger partial charge is 0.381 e. The highest BCUT2D eigenvalue weighted by molar-refractivity contribution is 7.92. The predicted molar refractivity (Wildman–Crippen MR) is 80.9 cm³/mol. The lowest BCUT2D eigenvalue weighted by atomic mass is 10.4. The highest BCUT2D eigenvalue weighted by atomic mass is 32.2. The summed E-state index contributed by atoms with van der Waals surface area (Å²) in [5, 5.41) is 5.78. The third-order valence-electron chi connectivity index (χ3n) is 2.90. The van der Waals surface area contributed by atoms with E-state index in [1.807, 2.05) is 13.8 Å². The van der Waals surface area contributed by atoms with E-state index in [2.05, 4.69) is 14.8 Å². The lowest BCUT2D eigenvalue weighted by Gasteiger charge is -2.12. The zero-order valence-electron chi connectivity index (χ0n) is 11.4. The molecule has 0 aliphatic heterocycles. The van der Waals surface area contributed by atoms with Crippen LogP contribution in [0.15, 0.2) is 28.9 Å². The van der Waals surface area contributed by atoms with Crippen LogP contribution in [-0.4, -0.2) is 27.6 Å². The molecule has 3 rings (SSSR count). The number of hydrogen-bond acceptors (Lipinski definition) is 6. The van der Waals surface area contributed by atoms with Crippen LogP contribution in [0.1, 0.15) is 19.9 Å². The second-order valence-corrected chi connectivity index (χ2v) is 7.19. The van der Waals surface area contributed by atoms with E-state index >= 15 is 0 Å². The summed E-state index contributed by atoms with van der Waals surface area (Å²) in [4.78, 5) is 4.58. The molecule has 3 N–H and O–H groups in total. The van der Waals surface area contributed by atoms with Crippen LogP contribution in [0.5, 0.6) is 0 Å². The van der Waals surface area contributed by atoms with Crippen LogP contribution in [0.25, 0.3) is 4.96 Å². The van der Waals surface area contributed by atoms with E-state index < -0.39 is 10.0 Å². The lowest BCUT2D eigenvalue weighted by molar-refractivity contribution is 0.539. The topological polar surface area (TPSA) is 107 Å². The van der Waals surface area contributed by atoms with Gasteiger partial charge in [0, 0.05) is 23.7 Å². The molecule has 0 bridgehead atoms. The molecule has 0 spiro atoms. The third kappa shape index (κ3) is 2.25. The van der Waals surface area contributed by atoms with Gasteiger partial charge in [-0.2, -0.15) is 13.5 Å². The van der Waals surface area contributed by atoms with Crippen molar-refractivity contribution < 1.29 is 8.42 Å². The molecule has 112 valence electrons. The maximum absolute atomic E-state index is 12.6. The number of sulfonamides is 1. The monoisotopic (exact) mass is 326 g/mol. The Morgan fingerprint density at radius 1 is 1.43 bits per heavy atom. The van der Waals surface area contributed by atoms with Gasteiger partial charge < -0.3 is 5.73 Å². The molecule has 3 heterocycles. The molecule has 0 unspecified atom stereocenters. The first-order chi connectivity index (χ1) is 9.90. The highest BCUT2D eigenvalue weighted by Gasteiger charge is 2.26. The number of aromatic nitrogens is 4. The molecule has 3 aromatic heterocycles. The van der Waals surface area contributed by atoms with Gasteiger partial charge in [-0.3, -0.25) is 9.12 Å². The molecule has 3 aromatic rings. The fourth-order valence-electron chi connectivity index (χ4n) is 2.04. The minimum atomic E-state index is -3.85. The Morgan fingerprint density at radius 2 is 2.19 bits per heavy atom. The Labute approximate surface area is 125 Å². The first kappa shape index (κ1) is 13.9. The van der Waals surface area contributed by atoms with Crippen LogP contribution < -0.4 is 10.5 Å². The Bertz CT molecular complexity index is 889. The zero-order valence-corrected chi connectivity index (χ0v) is 13.0. The van der Waals surface area contributed by atoms with Gasteiger partial charge in [-0.25, -0.2) is 9.67 Å². The normalized spacial score (nSPS) is 12.3. The molecule has 10 heteroatoms. The highest BCUT2D eigenvalue weighted by Crippen LogP contribution is 2.25. The number of hydrogen-bond donors (Lipinski definition) is 2. The minimum absolute atomic E-state index is 0.0232. The van der Waals surface area contributed by atoms with Gasteiger partial charge in [0.25, 0.3) is 10.0 Å². The molecule has 0 radical (unpaired) electrons. The average Bonchev–Trinajstić information content (AvgIpc) is 3.02. The van der Waals surface area contributed by atoms with Gasteiger partial charge in [-0.15, -0.1) is 11.3 Å². The van der Waals surface area contributed by atoms with Crippen LogP contribution in [0.4, 0.5) is 11.6 Å². The summed E-state index contributed by atoms with van der Waals surface area (Å²) in [5.74, 6) is 0.361. The van der Waals surface area contributed by atoms with E-state index in [1.54, 1.807) is 22.3 Å². The summed E-state index contributed by atoms with van der Waals surface area (Å²) >= 11 is 1.32. The molecule has 0 atom stereocenters. The number of nitrogens with zero attached hydrogens (tertiary/aromatic N) is 4. The number of anilines is 2. The number of thiazole rings is 1. The van der Waals surface area contributed by atoms with Crippen molar-refractivity contribution in [3.05, 3.63) is 23.8 Å². The zero-order chi connectivity index (χ0) is 15.2. The average molecular weight is 326 g/mol. The Hall–Kier alpha value is -2.07. The second-order valence-electron chi connectivity index (χ2n) is 4.72. The summed E-state index contributed by atoms with van der Waals surface area (Å²) < 4.78 is 30.7. The van der Waals surface area contributed by atoms with E-state index in [0.29, 0.717) is 10.8 Å². The minimum Gasteiger partial charge on any atom is -0.381 e. The van der Waals surface area contributed by atoms with Crippen molar-refractivity contribution in [1.82, 2.24) is 19.2 Å². The van der Waals surface area contributed by atoms with Crippen molar-refractivity contribution in [3.8, 4) is 0 Å². The number of nitrogens with one attached hydrogen (secondary N) is 1. The first-order valence-electron chi connectivity index (χ1n) is 6.17. The summed E-state index contributed by atoms with van der Waals surface area (Å²) in [7, 11) is -3.85. The van der Waals surface area contributed by atoms with Crippen molar-refractivity contribution in [2.75, 3.05) is 10.5 Å². The molecule has 0 saturated carbocycles. The fraction of sp³-hybridized carbons (Fsp3) is 0.273. The van der Waals surface area contributed by atoms with Crippen LogP contribution in [0.2, 0.25) is 0 Å². The molecule has 0 aliphatic rings. The molecule has 0 aliphatic carbocycles. The molecular formula is C11H14N6O2S2. The smallest absolute Gasteiger partial charge is 0.282 e. The van der Waals surface area contributed by atoms with Crippen molar-refractivity contribution >= 4 is 38.0 Å². The maximum Gasteiger partial charge on any atom is 0.282 e. The second kappa shape index (κ2) is 4.74. The molecule has 8 nitrogen and oxygen atoms in total. The molecule has 21 heavy (non-hydrogen) atoms. The van der Waals surface area contributed by atoms with Gasteiger partial charge in [0.15, 0.2) is 10.8 Å². The summed E-state index contributed by atoms with van der Waals surface area (Å²) in [6, 6.07) is 1.63. The standard InChI is InChI=1S/C11H14N6O2S2/c1-7(2)17-8(3-4-13-17)15-21(18,19)10-9(12)14-11-16(10)5-6-20-11/h3-7,15H,12H2,1-2H3. The first-order valence-corrected chi connectivity index (χ1v) is 8.54. The van der Waals surface area contributed by atoms with Gasteiger partial charge in [0.05, 0.1) is 6.20 Å². The van der Waals surface area contributed by atoms with Crippen LogP contribution >= 0.6 is 11.3 Å². The van der Waals surface area contributed by atoms with Gasteiger partial charge in [-0.1, -0.05) is 0 Å². The van der Waals surface area contributed by atoms with E-state index in [1.165, 1.54) is 21.9 Å². The number of nitrogen functional groups attached to an aromatic ring is 1. The Morgan fingerprint density at radius 3 is 2.90 bits per heavy atom. The number of imidazole rings is 1. The van der Waals surface area contributed by atoms with Crippen LogP contribution in [0, 0.1) is 0 Å². The Balaban J connectivity index is 2.07. The van der Waals surface area contributed by atoms with E-state index in [9.17, 15) is 8.42 Å². The molecular weight excluding hydrogens is 312 g/mol. The summed E-state index contributed by atoms with van der Waals surface area (Å²) in [6.45, 7) is 3.82. The molecule has 0 aromatic carbocycles. The van der Waals surface area contributed by atoms with Crippen LogP contribution in [0.3, 0.4) is 0 Å². The number of nitrogens with two attached hydrogens (primary N) is 1.